The Morgan fingerprint density at radius 2 is 1.72 bits per heavy atom. The third kappa shape index (κ3) is 4.88. The molecule has 0 heterocycles. The molecule has 0 spiro atoms. The van der Waals surface area contributed by atoms with E-state index in [1.807, 2.05) is 37.3 Å². The van der Waals surface area contributed by atoms with Crippen molar-refractivity contribution in [2.45, 2.75) is 24.5 Å². The van der Waals surface area contributed by atoms with Gasteiger partial charge in [-0.1, -0.05) is 48.0 Å². The molecule has 0 radical (unpaired) electrons. The first kappa shape index (κ1) is 19.1. The Morgan fingerprint density at radius 3 is 2.28 bits per heavy atom. The number of rotatable bonds is 8. The van der Waals surface area contributed by atoms with E-state index in [9.17, 15) is 18.3 Å². The van der Waals surface area contributed by atoms with E-state index in [2.05, 4.69) is 0 Å². The SMILES string of the molecule is Cc1ccc(S(=O)(=O)N(C)[C@@H](COCc2ccccc2)C(=O)O)cc1. The average molecular weight is 363 g/mol. The van der Waals surface area contributed by atoms with Crippen LogP contribution in [0.15, 0.2) is 59.5 Å². The van der Waals surface area contributed by atoms with E-state index in [1.54, 1.807) is 12.1 Å². The number of likely N-dealkylation sites (N-methyl/N-ethyl adjacent to an activating group) is 1. The van der Waals surface area contributed by atoms with Crippen molar-refractivity contribution in [1.82, 2.24) is 4.31 Å². The summed E-state index contributed by atoms with van der Waals surface area (Å²) in [5.74, 6) is -1.26. The van der Waals surface area contributed by atoms with Gasteiger partial charge < -0.3 is 9.84 Å². The van der Waals surface area contributed by atoms with Gasteiger partial charge in [-0.3, -0.25) is 4.79 Å². The van der Waals surface area contributed by atoms with Gasteiger partial charge in [0.15, 0.2) is 0 Å². The van der Waals surface area contributed by atoms with Gasteiger partial charge in [-0.25, -0.2) is 8.42 Å². The smallest absolute Gasteiger partial charge is 0.324 e. The van der Waals surface area contributed by atoms with Crippen molar-refractivity contribution in [3.63, 3.8) is 0 Å². The third-order valence-electron chi connectivity index (χ3n) is 3.81. The molecule has 2 rings (SSSR count). The Hall–Kier alpha value is -2.22. The molecule has 0 saturated heterocycles. The van der Waals surface area contributed by atoms with Crippen LogP contribution >= 0.6 is 0 Å². The second-order valence-electron chi connectivity index (χ2n) is 5.69. The fourth-order valence-corrected chi connectivity index (χ4v) is 3.54. The molecule has 1 N–H and O–H groups in total. The molecule has 0 unspecified atom stereocenters. The van der Waals surface area contributed by atoms with Crippen LogP contribution in [0.2, 0.25) is 0 Å². The fraction of sp³-hybridized carbons (Fsp3) is 0.278. The minimum atomic E-state index is -3.92. The number of hydrogen-bond acceptors (Lipinski definition) is 4. The molecule has 0 bridgehead atoms. The summed E-state index contributed by atoms with van der Waals surface area (Å²) in [4.78, 5) is 11.6. The van der Waals surface area contributed by atoms with Gasteiger partial charge in [0.25, 0.3) is 0 Å². The molecule has 0 amide bonds. The molecule has 2 aromatic carbocycles. The maximum absolute atomic E-state index is 12.6. The van der Waals surface area contributed by atoms with Crippen molar-refractivity contribution in [3.05, 3.63) is 65.7 Å². The van der Waals surface area contributed by atoms with Crippen molar-refractivity contribution >= 4 is 16.0 Å². The molecule has 7 heteroatoms. The van der Waals surface area contributed by atoms with Crippen LogP contribution in [0.25, 0.3) is 0 Å². The Balaban J connectivity index is 2.10. The van der Waals surface area contributed by atoms with Gasteiger partial charge in [0.2, 0.25) is 10.0 Å². The topological polar surface area (TPSA) is 83.9 Å². The molecule has 0 aliphatic rings. The summed E-state index contributed by atoms with van der Waals surface area (Å²) in [7, 11) is -2.67. The number of benzene rings is 2. The third-order valence-corrected chi connectivity index (χ3v) is 5.69. The molecule has 0 aliphatic heterocycles. The van der Waals surface area contributed by atoms with E-state index in [0.29, 0.717) is 0 Å². The van der Waals surface area contributed by atoms with Crippen LogP contribution in [0.5, 0.6) is 0 Å². The second-order valence-corrected chi connectivity index (χ2v) is 7.69. The number of carbonyl (C=O) groups is 1. The number of carboxylic acids is 1. The maximum Gasteiger partial charge on any atom is 0.324 e. The quantitative estimate of drug-likeness (QED) is 0.778. The number of aliphatic carboxylic acids is 1. The normalized spacial score (nSPS) is 12.9. The molecule has 1 atom stereocenters. The molecule has 134 valence electrons. The monoisotopic (exact) mass is 363 g/mol. The van der Waals surface area contributed by atoms with Crippen molar-refractivity contribution < 1.29 is 23.1 Å². The zero-order valence-corrected chi connectivity index (χ0v) is 14.9. The molecule has 25 heavy (non-hydrogen) atoms. The molecule has 0 saturated carbocycles. The summed E-state index contributed by atoms with van der Waals surface area (Å²) >= 11 is 0. The maximum atomic E-state index is 12.6. The van der Waals surface area contributed by atoms with Gasteiger partial charge in [0.1, 0.15) is 6.04 Å². The van der Waals surface area contributed by atoms with Gasteiger partial charge in [0, 0.05) is 7.05 Å². The number of carboxylic acid groups (broad SMARTS) is 1. The number of aryl methyl sites for hydroxylation is 1. The zero-order chi connectivity index (χ0) is 18.4. The largest absolute Gasteiger partial charge is 0.480 e. The lowest BCUT2D eigenvalue weighted by atomic mass is 10.2. The summed E-state index contributed by atoms with van der Waals surface area (Å²) in [6, 6.07) is 14.2. The van der Waals surface area contributed by atoms with Gasteiger partial charge in [0.05, 0.1) is 18.1 Å². The second kappa shape index (κ2) is 8.24. The molecular weight excluding hydrogens is 342 g/mol. The number of ether oxygens (including phenoxy) is 1. The fourth-order valence-electron chi connectivity index (χ4n) is 2.24. The van der Waals surface area contributed by atoms with E-state index in [1.165, 1.54) is 19.2 Å². The Bertz CT molecular complexity index is 803. The lowest BCUT2D eigenvalue weighted by Crippen LogP contribution is -2.45. The molecular formula is C18H21NO5S. The summed E-state index contributed by atoms with van der Waals surface area (Å²) in [6.45, 7) is 1.81. The van der Waals surface area contributed by atoms with Crippen molar-refractivity contribution in [1.29, 1.82) is 0 Å². The number of hydrogen-bond donors (Lipinski definition) is 1. The molecule has 2 aromatic rings. The highest BCUT2D eigenvalue weighted by Crippen LogP contribution is 2.18. The summed E-state index contributed by atoms with van der Waals surface area (Å²) < 4.78 is 31.5. The van der Waals surface area contributed by atoms with Crippen molar-refractivity contribution in [3.8, 4) is 0 Å². The number of sulfonamides is 1. The first-order valence-corrected chi connectivity index (χ1v) is 9.15. The summed E-state index contributed by atoms with van der Waals surface area (Å²) in [6.07, 6.45) is 0. The first-order chi connectivity index (χ1) is 11.8. The minimum absolute atomic E-state index is 0.0508. The van der Waals surface area contributed by atoms with E-state index in [-0.39, 0.29) is 18.1 Å². The van der Waals surface area contributed by atoms with E-state index < -0.39 is 22.0 Å². The van der Waals surface area contributed by atoms with Crippen LogP contribution in [0, 0.1) is 6.92 Å². The number of nitrogens with zero attached hydrogens (tertiary/aromatic N) is 1. The first-order valence-electron chi connectivity index (χ1n) is 7.71. The van der Waals surface area contributed by atoms with Crippen LogP contribution in [-0.2, 0) is 26.2 Å². The molecule has 6 nitrogen and oxygen atoms in total. The standard InChI is InChI=1S/C18H21NO5S/c1-14-8-10-16(11-9-14)25(22,23)19(2)17(18(20)21)13-24-12-15-6-4-3-5-7-15/h3-11,17H,12-13H2,1-2H3,(H,20,21)/t17-/m0/s1. The molecule has 0 aliphatic carbocycles. The zero-order valence-electron chi connectivity index (χ0n) is 14.1. The van der Waals surface area contributed by atoms with E-state index in [0.717, 1.165) is 15.4 Å². The lowest BCUT2D eigenvalue weighted by molar-refractivity contribution is -0.143. The highest BCUT2D eigenvalue weighted by molar-refractivity contribution is 7.89. The van der Waals surface area contributed by atoms with Crippen LogP contribution in [0.1, 0.15) is 11.1 Å². The van der Waals surface area contributed by atoms with Crippen molar-refractivity contribution in [2.75, 3.05) is 13.7 Å². The van der Waals surface area contributed by atoms with E-state index >= 15 is 0 Å². The Labute approximate surface area is 147 Å². The predicted molar refractivity (Wildman–Crippen MR) is 93.6 cm³/mol. The minimum Gasteiger partial charge on any atom is -0.480 e. The van der Waals surface area contributed by atoms with Crippen molar-refractivity contribution in [2.24, 2.45) is 0 Å². The summed E-state index contributed by atoms with van der Waals surface area (Å²) in [5.41, 5.74) is 1.80. The van der Waals surface area contributed by atoms with Gasteiger partial charge in [-0.2, -0.15) is 4.31 Å². The average Bonchev–Trinajstić information content (AvgIpc) is 2.59. The lowest BCUT2D eigenvalue weighted by Gasteiger charge is -2.24. The molecule has 0 fully saturated rings. The van der Waals surface area contributed by atoms with Gasteiger partial charge in [-0.05, 0) is 24.6 Å². The van der Waals surface area contributed by atoms with Crippen LogP contribution in [0.4, 0.5) is 0 Å². The summed E-state index contributed by atoms with van der Waals surface area (Å²) in [5, 5.41) is 9.41. The van der Waals surface area contributed by atoms with Crippen LogP contribution < -0.4 is 0 Å². The van der Waals surface area contributed by atoms with E-state index in [4.69, 9.17) is 4.74 Å². The van der Waals surface area contributed by atoms with Crippen LogP contribution in [-0.4, -0.2) is 43.5 Å². The molecule has 0 aromatic heterocycles. The Kier molecular flexibility index (Phi) is 6.30. The highest BCUT2D eigenvalue weighted by atomic mass is 32.2. The van der Waals surface area contributed by atoms with Gasteiger partial charge in [-0.15, -0.1) is 0 Å². The van der Waals surface area contributed by atoms with Crippen LogP contribution in [0.3, 0.4) is 0 Å². The Morgan fingerprint density at radius 1 is 1.12 bits per heavy atom. The van der Waals surface area contributed by atoms with Gasteiger partial charge >= 0.3 is 5.97 Å². The predicted octanol–water partition coefficient (Wildman–Crippen LogP) is 2.29. The highest BCUT2D eigenvalue weighted by Gasteiger charge is 2.33.